The molecule has 1 rings (SSSR count). The second-order valence-electron chi connectivity index (χ2n) is 4.32. The molecule has 1 aromatic rings. The molecule has 0 aliphatic rings. The SMILES string of the molecule is CCN(CC(=O)N(C)C)c1ncccc1CNC. The van der Waals surface area contributed by atoms with Crippen molar-refractivity contribution in [3.05, 3.63) is 23.9 Å². The molecule has 0 saturated carbocycles. The second-order valence-corrected chi connectivity index (χ2v) is 4.32. The summed E-state index contributed by atoms with van der Waals surface area (Å²) in [5, 5.41) is 3.12. The molecule has 0 atom stereocenters. The van der Waals surface area contributed by atoms with Gasteiger partial charge in [-0.15, -0.1) is 0 Å². The highest BCUT2D eigenvalue weighted by atomic mass is 16.2. The first-order valence-corrected chi connectivity index (χ1v) is 6.13. The highest BCUT2D eigenvalue weighted by Gasteiger charge is 2.15. The highest BCUT2D eigenvalue weighted by Crippen LogP contribution is 2.16. The van der Waals surface area contributed by atoms with Gasteiger partial charge in [-0.2, -0.15) is 0 Å². The van der Waals surface area contributed by atoms with E-state index in [0.717, 1.165) is 24.5 Å². The second kappa shape index (κ2) is 6.96. The Labute approximate surface area is 109 Å². The molecule has 0 bridgehead atoms. The number of amides is 1. The fourth-order valence-electron chi connectivity index (χ4n) is 1.68. The monoisotopic (exact) mass is 250 g/mol. The smallest absolute Gasteiger partial charge is 0.241 e. The zero-order valence-electron chi connectivity index (χ0n) is 11.6. The van der Waals surface area contributed by atoms with E-state index in [1.54, 1.807) is 25.2 Å². The summed E-state index contributed by atoms with van der Waals surface area (Å²) in [5.41, 5.74) is 1.11. The third kappa shape index (κ3) is 3.70. The molecule has 5 heteroatoms. The zero-order valence-corrected chi connectivity index (χ0v) is 11.6. The predicted molar refractivity (Wildman–Crippen MR) is 73.6 cm³/mol. The normalized spacial score (nSPS) is 10.2. The number of pyridine rings is 1. The molecule has 1 heterocycles. The van der Waals surface area contributed by atoms with E-state index in [9.17, 15) is 4.79 Å². The number of likely N-dealkylation sites (N-methyl/N-ethyl adjacent to an activating group) is 2. The number of carbonyl (C=O) groups is 1. The maximum atomic E-state index is 11.8. The number of aromatic nitrogens is 1. The number of carbonyl (C=O) groups excluding carboxylic acids is 1. The van der Waals surface area contributed by atoms with E-state index in [2.05, 4.69) is 10.3 Å². The topological polar surface area (TPSA) is 48.5 Å². The largest absolute Gasteiger partial charge is 0.347 e. The lowest BCUT2D eigenvalue weighted by Crippen LogP contribution is -2.37. The number of rotatable bonds is 6. The van der Waals surface area contributed by atoms with Gasteiger partial charge in [0.2, 0.25) is 5.91 Å². The minimum atomic E-state index is 0.0814. The lowest BCUT2D eigenvalue weighted by molar-refractivity contribution is -0.127. The van der Waals surface area contributed by atoms with E-state index in [1.165, 1.54) is 0 Å². The molecule has 0 spiro atoms. The first kappa shape index (κ1) is 14.4. The van der Waals surface area contributed by atoms with Crippen molar-refractivity contribution in [2.24, 2.45) is 0 Å². The Morgan fingerprint density at radius 2 is 2.17 bits per heavy atom. The average Bonchev–Trinajstić information content (AvgIpc) is 2.37. The molecule has 18 heavy (non-hydrogen) atoms. The van der Waals surface area contributed by atoms with Crippen LogP contribution in [0.3, 0.4) is 0 Å². The van der Waals surface area contributed by atoms with E-state index < -0.39 is 0 Å². The van der Waals surface area contributed by atoms with Gasteiger partial charge >= 0.3 is 0 Å². The molecule has 0 radical (unpaired) electrons. The van der Waals surface area contributed by atoms with E-state index >= 15 is 0 Å². The molecule has 0 saturated heterocycles. The third-order valence-corrected chi connectivity index (χ3v) is 2.74. The quantitative estimate of drug-likeness (QED) is 0.808. The summed E-state index contributed by atoms with van der Waals surface area (Å²) in [6, 6.07) is 3.94. The minimum Gasteiger partial charge on any atom is -0.347 e. The molecule has 0 aliphatic heterocycles. The predicted octanol–water partition coefficient (Wildman–Crippen LogP) is 0.715. The van der Waals surface area contributed by atoms with Crippen LogP contribution in [0.5, 0.6) is 0 Å². The molecule has 0 aromatic carbocycles. The van der Waals surface area contributed by atoms with E-state index in [1.807, 2.05) is 31.0 Å². The molecular weight excluding hydrogens is 228 g/mol. The average molecular weight is 250 g/mol. The molecule has 1 amide bonds. The Bertz CT molecular complexity index is 392. The van der Waals surface area contributed by atoms with Crippen molar-refractivity contribution in [2.45, 2.75) is 13.5 Å². The van der Waals surface area contributed by atoms with Crippen molar-refractivity contribution >= 4 is 11.7 Å². The number of hydrogen-bond donors (Lipinski definition) is 1. The van der Waals surface area contributed by atoms with Crippen molar-refractivity contribution < 1.29 is 4.79 Å². The third-order valence-electron chi connectivity index (χ3n) is 2.74. The summed E-state index contributed by atoms with van der Waals surface area (Å²) in [5.74, 6) is 0.961. The van der Waals surface area contributed by atoms with Gasteiger partial charge in [0.1, 0.15) is 5.82 Å². The van der Waals surface area contributed by atoms with Crippen LogP contribution >= 0.6 is 0 Å². The van der Waals surface area contributed by atoms with Crippen LogP contribution in [0.2, 0.25) is 0 Å². The number of nitrogens with zero attached hydrogens (tertiary/aromatic N) is 3. The highest BCUT2D eigenvalue weighted by molar-refractivity contribution is 5.80. The summed E-state index contributed by atoms with van der Waals surface area (Å²) in [6.45, 7) is 3.89. The Morgan fingerprint density at radius 3 is 2.72 bits per heavy atom. The molecule has 0 fully saturated rings. The van der Waals surface area contributed by atoms with Crippen molar-refractivity contribution in [1.82, 2.24) is 15.2 Å². The minimum absolute atomic E-state index is 0.0814. The Balaban J connectivity index is 2.90. The van der Waals surface area contributed by atoms with Gasteiger partial charge in [-0.05, 0) is 20.0 Å². The van der Waals surface area contributed by atoms with Crippen LogP contribution in [0.25, 0.3) is 0 Å². The van der Waals surface area contributed by atoms with Crippen LogP contribution in [-0.2, 0) is 11.3 Å². The van der Waals surface area contributed by atoms with Crippen LogP contribution in [-0.4, -0.2) is 50.0 Å². The maximum Gasteiger partial charge on any atom is 0.241 e. The number of nitrogens with one attached hydrogen (secondary N) is 1. The summed E-state index contributed by atoms with van der Waals surface area (Å²) >= 11 is 0. The van der Waals surface area contributed by atoms with Crippen LogP contribution in [0.4, 0.5) is 5.82 Å². The standard InChI is InChI=1S/C13H22N4O/c1-5-17(10-12(18)16(3)4)13-11(9-14-2)7-6-8-15-13/h6-8,14H,5,9-10H2,1-4H3. The van der Waals surface area contributed by atoms with Crippen LogP contribution in [0.1, 0.15) is 12.5 Å². The van der Waals surface area contributed by atoms with Gasteiger partial charge in [0, 0.05) is 38.9 Å². The van der Waals surface area contributed by atoms with Gasteiger partial charge in [-0.3, -0.25) is 4.79 Å². The van der Waals surface area contributed by atoms with Crippen LogP contribution < -0.4 is 10.2 Å². The van der Waals surface area contributed by atoms with Crippen molar-refractivity contribution in [2.75, 3.05) is 39.1 Å². The molecule has 5 nitrogen and oxygen atoms in total. The molecule has 0 aliphatic carbocycles. The van der Waals surface area contributed by atoms with Crippen molar-refractivity contribution in [3.8, 4) is 0 Å². The van der Waals surface area contributed by atoms with Gasteiger partial charge < -0.3 is 15.1 Å². The summed E-state index contributed by atoms with van der Waals surface area (Å²) in [4.78, 5) is 19.8. The first-order valence-electron chi connectivity index (χ1n) is 6.13. The van der Waals surface area contributed by atoms with Gasteiger partial charge in [0.15, 0.2) is 0 Å². The summed E-state index contributed by atoms with van der Waals surface area (Å²) < 4.78 is 0. The lowest BCUT2D eigenvalue weighted by atomic mass is 10.2. The molecular formula is C13H22N4O. The lowest BCUT2D eigenvalue weighted by Gasteiger charge is -2.25. The Kier molecular flexibility index (Phi) is 5.58. The molecule has 1 N–H and O–H groups in total. The zero-order chi connectivity index (χ0) is 13.5. The van der Waals surface area contributed by atoms with Crippen LogP contribution in [0.15, 0.2) is 18.3 Å². The Morgan fingerprint density at radius 1 is 1.44 bits per heavy atom. The number of hydrogen-bond acceptors (Lipinski definition) is 4. The van der Waals surface area contributed by atoms with Crippen molar-refractivity contribution in [1.29, 1.82) is 0 Å². The summed E-state index contributed by atoms with van der Waals surface area (Å²) in [7, 11) is 5.43. The first-order chi connectivity index (χ1) is 8.60. The fraction of sp³-hybridized carbons (Fsp3) is 0.538. The fourth-order valence-corrected chi connectivity index (χ4v) is 1.68. The van der Waals surface area contributed by atoms with Crippen LogP contribution in [0, 0.1) is 0 Å². The molecule has 1 aromatic heterocycles. The maximum absolute atomic E-state index is 11.8. The van der Waals surface area contributed by atoms with Gasteiger partial charge in [0.25, 0.3) is 0 Å². The molecule has 100 valence electrons. The van der Waals surface area contributed by atoms with E-state index in [0.29, 0.717) is 6.54 Å². The Hall–Kier alpha value is -1.62. The van der Waals surface area contributed by atoms with E-state index in [-0.39, 0.29) is 5.91 Å². The number of anilines is 1. The summed E-state index contributed by atoms with van der Waals surface area (Å²) in [6.07, 6.45) is 1.76. The van der Waals surface area contributed by atoms with Gasteiger partial charge in [0.05, 0.1) is 6.54 Å². The van der Waals surface area contributed by atoms with Gasteiger partial charge in [-0.1, -0.05) is 6.07 Å². The van der Waals surface area contributed by atoms with Gasteiger partial charge in [-0.25, -0.2) is 4.98 Å². The van der Waals surface area contributed by atoms with Crippen molar-refractivity contribution in [3.63, 3.8) is 0 Å². The van der Waals surface area contributed by atoms with E-state index in [4.69, 9.17) is 0 Å². The molecule has 0 unspecified atom stereocenters.